The average molecular weight is 363 g/mol. The molecule has 3 rings (SSSR count). The Morgan fingerprint density at radius 3 is 2.55 bits per heavy atom. The van der Waals surface area contributed by atoms with E-state index in [0.29, 0.717) is 0 Å². The van der Waals surface area contributed by atoms with Gasteiger partial charge in [-0.15, -0.1) is 0 Å². The Balaban J connectivity index is 2.16. The Hall–Kier alpha value is -0.960. The van der Waals surface area contributed by atoms with Crippen LogP contribution in [0, 0.1) is 16.7 Å². The molecule has 0 aromatic heterocycles. The van der Waals surface area contributed by atoms with E-state index in [4.69, 9.17) is 0 Å². The largest absolute Gasteiger partial charge is 0.298 e. The lowest BCUT2D eigenvalue weighted by molar-refractivity contribution is -0.149. The Labute approximate surface area is 140 Å². The fourth-order valence-corrected chi connectivity index (χ4v) is 4.92. The second-order valence-electron chi connectivity index (χ2n) is 7.54. The molecule has 22 heavy (non-hydrogen) atoms. The third-order valence-corrected chi connectivity index (χ3v) is 6.95. The number of hydrogen-bond donors (Lipinski definition) is 0. The van der Waals surface area contributed by atoms with Crippen molar-refractivity contribution in [2.24, 2.45) is 16.7 Å². The summed E-state index contributed by atoms with van der Waals surface area (Å²) in [6.07, 6.45) is 2.52. The Kier molecular flexibility index (Phi) is 3.63. The molecule has 3 heteroatoms. The number of rotatable bonds is 2. The molecule has 2 fully saturated rings. The van der Waals surface area contributed by atoms with Crippen molar-refractivity contribution in [1.29, 1.82) is 0 Å². The van der Waals surface area contributed by atoms with Gasteiger partial charge in [-0.3, -0.25) is 9.59 Å². The Bertz CT molecular complexity index is 661. The van der Waals surface area contributed by atoms with Gasteiger partial charge in [0, 0.05) is 15.8 Å². The lowest BCUT2D eigenvalue weighted by Crippen LogP contribution is -2.52. The van der Waals surface area contributed by atoms with Gasteiger partial charge in [-0.2, -0.15) is 0 Å². The summed E-state index contributed by atoms with van der Waals surface area (Å²) in [6.45, 7) is 8.33. The smallest absolute Gasteiger partial charge is 0.154 e. The molecule has 2 bridgehead atoms. The number of ketones is 2. The number of hydrogen-bond acceptors (Lipinski definition) is 2. The first-order valence-corrected chi connectivity index (χ1v) is 8.89. The molecule has 0 spiro atoms. The summed E-state index contributed by atoms with van der Waals surface area (Å²) in [5, 5.41) is 0. The van der Waals surface area contributed by atoms with Crippen molar-refractivity contribution in [1.82, 2.24) is 0 Å². The van der Waals surface area contributed by atoms with E-state index in [0.717, 1.165) is 34.9 Å². The zero-order valence-corrected chi connectivity index (χ0v) is 15.3. The van der Waals surface area contributed by atoms with Crippen LogP contribution in [0.5, 0.6) is 0 Å². The second-order valence-corrected chi connectivity index (χ2v) is 8.46. The highest BCUT2D eigenvalue weighted by molar-refractivity contribution is 9.10. The maximum Gasteiger partial charge on any atom is 0.154 e. The summed E-state index contributed by atoms with van der Waals surface area (Å²) in [7, 11) is 0. The number of Topliss-reactive ketones (excluding diaryl/α,β-unsaturated/α-hetero) is 2. The summed E-state index contributed by atoms with van der Waals surface area (Å²) in [6, 6.07) is 5.99. The lowest BCUT2D eigenvalue weighted by atomic mass is 9.54. The highest BCUT2D eigenvalue weighted by atomic mass is 79.9. The van der Waals surface area contributed by atoms with Gasteiger partial charge in [0.05, 0.1) is 0 Å². The van der Waals surface area contributed by atoms with Crippen LogP contribution in [0.1, 0.15) is 57.6 Å². The Morgan fingerprint density at radius 2 is 1.91 bits per heavy atom. The van der Waals surface area contributed by atoms with E-state index >= 15 is 0 Å². The molecule has 2 aliphatic carbocycles. The van der Waals surface area contributed by atoms with Crippen LogP contribution < -0.4 is 0 Å². The molecule has 2 saturated carbocycles. The number of fused-ring (bicyclic) bond motifs is 2. The number of benzene rings is 1. The van der Waals surface area contributed by atoms with Crippen LogP contribution in [-0.4, -0.2) is 11.6 Å². The average Bonchev–Trinajstić information content (AvgIpc) is 2.64. The van der Waals surface area contributed by atoms with Gasteiger partial charge >= 0.3 is 0 Å². The second kappa shape index (κ2) is 5.02. The number of halogens is 1. The first-order valence-electron chi connectivity index (χ1n) is 8.10. The van der Waals surface area contributed by atoms with Crippen LogP contribution in [0.3, 0.4) is 0 Å². The fraction of sp³-hybridized carbons (Fsp3) is 0.579. The van der Waals surface area contributed by atoms with Crippen molar-refractivity contribution >= 4 is 27.5 Å². The molecule has 0 heterocycles. The molecule has 3 atom stereocenters. The normalized spacial score (nSPS) is 33.3. The van der Waals surface area contributed by atoms with Crippen LogP contribution in [0.2, 0.25) is 0 Å². The number of aryl methyl sites for hydroxylation is 1. The molecule has 1 aromatic carbocycles. The summed E-state index contributed by atoms with van der Waals surface area (Å²) in [4.78, 5) is 26.4. The highest BCUT2D eigenvalue weighted by Gasteiger charge is 2.64. The van der Waals surface area contributed by atoms with E-state index in [1.807, 2.05) is 18.2 Å². The van der Waals surface area contributed by atoms with Gasteiger partial charge in [-0.05, 0) is 47.9 Å². The van der Waals surface area contributed by atoms with Crippen molar-refractivity contribution < 1.29 is 9.59 Å². The summed E-state index contributed by atoms with van der Waals surface area (Å²) >= 11 is 3.49. The molecular weight excluding hydrogens is 340 g/mol. The molecule has 0 radical (unpaired) electrons. The van der Waals surface area contributed by atoms with Gasteiger partial charge in [0.15, 0.2) is 11.6 Å². The van der Waals surface area contributed by atoms with Gasteiger partial charge in [0.2, 0.25) is 0 Å². The maximum absolute atomic E-state index is 13.3. The topological polar surface area (TPSA) is 34.1 Å². The standard InChI is InChI=1S/C19H23BrO2/c1-5-11-6-7-12(20)10-13(11)15-16(21)14-8-9-19(4,17(15)22)18(14,2)3/h6-7,10,14-15H,5,8-9H2,1-4H3. The summed E-state index contributed by atoms with van der Waals surface area (Å²) in [5.41, 5.74) is 1.41. The highest BCUT2D eigenvalue weighted by Crippen LogP contribution is 2.62. The van der Waals surface area contributed by atoms with Gasteiger partial charge in [0.1, 0.15) is 5.92 Å². The van der Waals surface area contributed by atoms with E-state index < -0.39 is 5.92 Å². The van der Waals surface area contributed by atoms with Crippen molar-refractivity contribution in [3.05, 3.63) is 33.8 Å². The quantitative estimate of drug-likeness (QED) is 0.715. The third kappa shape index (κ3) is 1.90. The van der Waals surface area contributed by atoms with E-state index in [-0.39, 0.29) is 28.3 Å². The van der Waals surface area contributed by atoms with Gasteiger partial charge < -0.3 is 0 Å². The zero-order chi connectivity index (χ0) is 16.3. The van der Waals surface area contributed by atoms with Crippen LogP contribution in [-0.2, 0) is 16.0 Å². The summed E-state index contributed by atoms with van der Waals surface area (Å²) < 4.78 is 0.933. The zero-order valence-electron chi connectivity index (χ0n) is 13.7. The van der Waals surface area contributed by atoms with Gasteiger partial charge in [0.25, 0.3) is 0 Å². The molecule has 0 saturated heterocycles. The van der Waals surface area contributed by atoms with Crippen LogP contribution in [0.25, 0.3) is 0 Å². The van der Waals surface area contributed by atoms with Crippen molar-refractivity contribution in [3.8, 4) is 0 Å². The molecule has 0 aliphatic heterocycles. The molecule has 0 amide bonds. The summed E-state index contributed by atoms with van der Waals surface area (Å²) in [5.74, 6) is -0.302. The minimum absolute atomic E-state index is 0.00360. The molecular formula is C19H23BrO2. The third-order valence-electron chi connectivity index (χ3n) is 6.46. The van der Waals surface area contributed by atoms with E-state index in [2.05, 4.69) is 43.6 Å². The first kappa shape index (κ1) is 15.9. The SMILES string of the molecule is CCc1ccc(Br)cc1C1C(=O)C2CCC(C)(C1=O)C2(C)C. The lowest BCUT2D eigenvalue weighted by Gasteiger charge is -2.46. The minimum atomic E-state index is -0.571. The monoisotopic (exact) mass is 362 g/mol. The van der Waals surface area contributed by atoms with E-state index in [9.17, 15) is 9.59 Å². The first-order chi connectivity index (χ1) is 10.2. The minimum Gasteiger partial charge on any atom is -0.298 e. The molecule has 3 unspecified atom stereocenters. The van der Waals surface area contributed by atoms with Crippen LogP contribution >= 0.6 is 15.9 Å². The maximum atomic E-state index is 13.3. The van der Waals surface area contributed by atoms with Crippen molar-refractivity contribution in [2.75, 3.05) is 0 Å². The van der Waals surface area contributed by atoms with Crippen LogP contribution in [0.4, 0.5) is 0 Å². The predicted octanol–water partition coefficient (Wildman–Crippen LogP) is 4.69. The van der Waals surface area contributed by atoms with Gasteiger partial charge in [-0.25, -0.2) is 0 Å². The van der Waals surface area contributed by atoms with Crippen molar-refractivity contribution in [3.63, 3.8) is 0 Å². The Morgan fingerprint density at radius 1 is 1.23 bits per heavy atom. The molecule has 0 N–H and O–H groups in total. The van der Waals surface area contributed by atoms with Crippen molar-refractivity contribution in [2.45, 2.75) is 52.9 Å². The van der Waals surface area contributed by atoms with Gasteiger partial charge in [-0.1, -0.05) is 49.7 Å². The molecule has 118 valence electrons. The van der Waals surface area contributed by atoms with E-state index in [1.54, 1.807) is 0 Å². The van der Waals surface area contributed by atoms with E-state index in [1.165, 1.54) is 0 Å². The number of carbonyl (C=O) groups excluding carboxylic acids is 2. The molecule has 2 nitrogen and oxygen atoms in total. The predicted molar refractivity (Wildman–Crippen MR) is 90.9 cm³/mol. The van der Waals surface area contributed by atoms with Crippen LogP contribution in [0.15, 0.2) is 22.7 Å². The fourth-order valence-electron chi connectivity index (χ4n) is 4.54. The molecule has 1 aromatic rings. The molecule has 2 aliphatic rings. The number of carbonyl (C=O) groups is 2.